The molecule has 0 spiro atoms. The van der Waals surface area contributed by atoms with Crippen LogP contribution in [0, 0.1) is 12.3 Å². The molecule has 0 bridgehead atoms. The van der Waals surface area contributed by atoms with Gasteiger partial charge in [0.2, 0.25) is 0 Å². The Balaban J connectivity index is 3.95. The maximum Gasteiger partial charge on any atom is 0.0298 e. The zero-order valence-electron chi connectivity index (χ0n) is 4.65. The van der Waals surface area contributed by atoms with Crippen molar-refractivity contribution in [3.63, 3.8) is 0 Å². The van der Waals surface area contributed by atoms with Gasteiger partial charge in [-0.05, 0) is 19.4 Å². The second-order valence-electron chi connectivity index (χ2n) is 1.46. The Morgan fingerprint density at radius 3 is 2.29 bits per heavy atom. The summed E-state index contributed by atoms with van der Waals surface area (Å²) in [5.74, 6) is 2.34. The van der Waals surface area contributed by atoms with E-state index < -0.39 is 0 Å². The smallest absolute Gasteiger partial charge is 0.0298 e. The summed E-state index contributed by atoms with van der Waals surface area (Å²) in [6.45, 7) is 3.90. The average Bonchev–Trinajstić information content (AvgIpc) is 1.61. The summed E-state index contributed by atoms with van der Waals surface area (Å²) in [6, 6.07) is 0. The first kappa shape index (κ1) is 6.08. The van der Waals surface area contributed by atoms with Gasteiger partial charge in [-0.3, -0.25) is 0 Å². The lowest BCUT2D eigenvalue weighted by Crippen LogP contribution is -1.51. The van der Waals surface area contributed by atoms with Gasteiger partial charge in [0.1, 0.15) is 0 Å². The van der Waals surface area contributed by atoms with Crippen molar-refractivity contribution in [1.29, 1.82) is 0 Å². The molecule has 0 unspecified atom stereocenters. The molecule has 0 heterocycles. The standard InChI is InChI=1S/C7H8/c1-4-5-6-7(2)3/h1,5H,2-3H3. The Bertz CT molecular complexity index is 134. The third-order valence-electron chi connectivity index (χ3n) is 0.444. The average molecular weight is 92.1 g/mol. The fourth-order valence-corrected chi connectivity index (χ4v) is 0.186. The van der Waals surface area contributed by atoms with Crippen molar-refractivity contribution >= 4 is 0 Å². The van der Waals surface area contributed by atoms with E-state index >= 15 is 0 Å². The van der Waals surface area contributed by atoms with Gasteiger partial charge in [-0.2, -0.15) is 0 Å². The Morgan fingerprint density at radius 2 is 2.14 bits per heavy atom. The Labute approximate surface area is 44.5 Å². The van der Waals surface area contributed by atoms with Crippen molar-refractivity contribution in [3.05, 3.63) is 17.4 Å². The largest absolute Gasteiger partial charge is 0.115 e. The van der Waals surface area contributed by atoms with Crippen LogP contribution in [0.5, 0.6) is 0 Å². The summed E-state index contributed by atoms with van der Waals surface area (Å²) in [7, 11) is 0. The van der Waals surface area contributed by atoms with Gasteiger partial charge in [-0.25, -0.2) is 0 Å². The molecule has 0 fully saturated rings. The molecule has 0 nitrogen and oxygen atoms in total. The van der Waals surface area contributed by atoms with Gasteiger partial charge in [-0.1, -0.05) is 5.92 Å². The Kier molecular flexibility index (Phi) is 2.85. The predicted octanol–water partition coefficient (Wildman–Crippen LogP) is 1.74. The van der Waals surface area contributed by atoms with Crippen LogP contribution in [0.3, 0.4) is 0 Å². The van der Waals surface area contributed by atoms with Crippen molar-refractivity contribution in [2.75, 3.05) is 0 Å². The monoisotopic (exact) mass is 92.1 g/mol. The van der Waals surface area contributed by atoms with Crippen LogP contribution < -0.4 is 0 Å². The molecule has 0 N–H and O–H groups in total. The van der Waals surface area contributed by atoms with E-state index in [1.807, 2.05) is 13.8 Å². The molecular weight excluding hydrogens is 84.1 g/mol. The van der Waals surface area contributed by atoms with Crippen LogP contribution in [0.25, 0.3) is 0 Å². The van der Waals surface area contributed by atoms with Gasteiger partial charge >= 0.3 is 0 Å². The maximum atomic E-state index is 4.90. The molecule has 0 saturated heterocycles. The summed E-state index contributed by atoms with van der Waals surface area (Å²) in [6.07, 6.45) is 6.46. The van der Waals surface area contributed by atoms with Gasteiger partial charge in [0.25, 0.3) is 0 Å². The third kappa shape index (κ3) is 5.08. The van der Waals surface area contributed by atoms with Crippen molar-refractivity contribution in [3.8, 4) is 12.3 Å². The third-order valence-corrected chi connectivity index (χ3v) is 0.444. The molecule has 0 radical (unpaired) electrons. The van der Waals surface area contributed by atoms with Crippen LogP contribution in [0.4, 0.5) is 0 Å². The predicted molar refractivity (Wildman–Crippen MR) is 31.8 cm³/mol. The highest BCUT2D eigenvalue weighted by atomic mass is 13.7. The lowest BCUT2D eigenvalue weighted by atomic mass is 10.4. The minimum atomic E-state index is 1.11. The number of allylic oxidation sites excluding steroid dienone is 1. The van der Waals surface area contributed by atoms with Gasteiger partial charge in [0, 0.05) is 6.08 Å². The lowest BCUT2D eigenvalue weighted by Gasteiger charge is -1.70. The second-order valence-corrected chi connectivity index (χ2v) is 1.46. The molecule has 0 rings (SSSR count). The van der Waals surface area contributed by atoms with Gasteiger partial charge < -0.3 is 0 Å². The molecule has 0 aliphatic carbocycles. The van der Waals surface area contributed by atoms with E-state index in [9.17, 15) is 0 Å². The van der Waals surface area contributed by atoms with Crippen LogP contribution in [0.2, 0.25) is 0 Å². The molecular formula is C7H8. The zero-order chi connectivity index (χ0) is 5.70. The van der Waals surface area contributed by atoms with Gasteiger partial charge in [-0.15, -0.1) is 12.2 Å². The van der Waals surface area contributed by atoms with Crippen molar-refractivity contribution < 1.29 is 0 Å². The highest BCUT2D eigenvalue weighted by Gasteiger charge is 1.61. The van der Waals surface area contributed by atoms with Crippen LogP contribution in [-0.2, 0) is 0 Å². The Hall–Kier alpha value is -0.920. The zero-order valence-corrected chi connectivity index (χ0v) is 4.65. The van der Waals surface area contributed by atoms with Gasteiger partial charge in [0.05, 0.1) is 0 Å². The Morgan fingerprint density at radius 1 is 1.57 bits per heavy atom. The summed E-state index contributed by atoms with van der Waals surface area (Å²) in [5.41, 5.74) is 3.96. The molecule has 0 saturated carbocycles. The SMILES string of the molecule is C#CC=C=C(C)C. The van der Waals surface area contributed by atoms with E-state index in [-0.39, 0.29) is 0 Å². The first-order valence-electron chi connectivity index (χ1n) is 2.12. The summed E-state index contributed by atoms with van der Waals surface area (Å²) >= 11 is 0. The fraction of sp³-hybridized carbons (Fsp3) is 0.286. The van der Waals surface area contributed by atoms with E-state index in [1.165, 1.54) is 0 Å². The molecule has 0 atom stereocenters. The highest BCUT2D eigenvalue weighted by molar-refractivity contribution is 5.10. The quantitative estimate of drug-likeness (QED) is 0.315. The van der Waals surface area contributed by atoms with Crippen LogP contribution in [0.1, 0.15) is 13.8 Å². The van der Waals surface area contributed by atoms with Crippen molar-refractivity contribution in [1.82, 2.24) is 0 Å². The number of hydrogen-bond donors (Lipinski definition) is 0. The van der Waals surface area contributed by atoms with E-state index in [4.69, 9.17) is 6.42 Å². The molecule has 0 aromatic heterocycles. The van der Waals surface area contributed by atoms with E-state index in [0.29, 0.717) is 0 Å². The molecule has 0 amide bonds. The van der Waals surface area contributed by atoms with Crippen LogP contribution >= 0.6 is 0 Å². The molecule has 0 aliphatic heterocycles. The molecule has 0 aromatic rings. The summed E-state index contributed by atoms with van der Waals surface area (Å²) in [5, 5.41) is 0. The summed E-state index contributed by atoms with van der Waals surface area (Å²) in [4.78, 5) is 0. The van der Waals surface area contributed by atoms with Crippen LogP contribution in [0.15, 0.2) is 17.4 Å². The van der Waals surface area contributed by atoms with Crippen molar-refractivity contribution in [2.45, 2.75) is 13.8 Å². The molecule has 0 aromatic carbocycles. The van der Waals surface area contributed by atoms with Crippen LogP contribution in [-0.4, -0.2) is 0 Å². The lowest BCUT2D eigenvalue weighted by molar-refractivity contribution is 1.41. The van der Waals surface area contributed by atoms with Gasteiger partial charge in [0.15, 0.2) is 0 Å². The second kappa shape index (κ2) is 3.28. The first-order valence-corrected chi connectivity index (χ1v) is 2.12. The number of terminal acetylenes is 1. The minimum absolute atomic E-state index is 1.11. The molecule has 36 valence electrons. The molecule has 0 heteroatoms. The van der Waals surface area contributed by atoms with Crippen molar-refractivity contribution in [2.24, 2.45) is 0 Å². The molecule has 7 heavy (non-hydrogen) atoms. The van der Waals surface area contributed by atoms with E-state index in [1.54, 1.807) is 6.08 Å². The van der Waals surface area contributed by atoms with E-state index in [0.717, 1.165) is 5.57 Å². The first-order chi connectivity index (χ1) is 3.27. The normalized spacial score (nSPS) is 5.86. The summed E-state index contributed by atoms with van der Waals surface area (Å²) < 4.78 is 0. The van der Waals surface area contributed by atoms with E-state index in [2.05, 4.69) is 11.7 Å². The fourth-order valence-electron chi connectivity index (χ4n) is 0.186. The number of rotatable bonds is 0. The minimum Gasteiger partial charge on any atom is -0.115 e. The number of hydrogen-bond acceptors (Lipinski definition) is 0. The maximum absolute atomic E-state index is 4.90. The highest BCUT2D eigenvalue weighted by Crippen LogP contribution is 1.80. The molecule has 0 aliphatic rings. The topological polar surface area (TPSA) is 0 Å².